The van der Waals surface area contributed by atoms with Crippen LogP contribution in [0.5, 0.6) is 0 Å². The maximum absolute atomic E-state index is 13.5. The Bertz CT molecular complexity index is 1120. The Morgan fingerprint density at radius 2 is 2.00 bits per heavy atom. The van der Waals surface area contributed by atoms with Gasteiger partial charge in [-0.1, -0.05) is 35.8 Å². The van der Waals surface area contributed by atoms with Gasteiger partial charge in [-0.3, -0.25) is 9.59 Å². The third-order valence-corrected chi connectivity index (χ3v) is 9.64. The van der Waals surface area contributed by atoms with Gasteiger partial charge in [0.15, 0.2) is 15.0 Å². The normalized spacial score (nSPS) is 19.2. The summed E-state index contributed by atoms with van der Waals surface area (Å²) in [6.07, 6.45) is 7.47. The first kappa shape index (κ1) is 23.4. The Morgan fingerprint density at radius 1 is 1.28 bits per heavy atom. The molecule has 1 atom stereocenters. The highest BCUT2D eigenvalue weighted by atomic mass is 35.5. The van der Waals surface area contributed by atoms with E-state index in [2.05, 4.69) is 15.3 Å². The lowest BCUT2D eigenvalue weighted by atomic mass is 9.85. The van der Waals surface area contributed by atoms with Crippen LogP contribution in [0.3, 0.4) is 0 Å². The lowest BCUT2D eigenvalue weighted by molar-refractivity contribution is -0.118. The molecule has 1 saturated heterocycles. The van der Waals surface area contributed by atoms with Crippen LogP contribution in [0.1, 0.15) is 56.4 Å². The highest BCUT2D eigenvalue weighted by Gasteiger charge is 2.37. The van der Waals surface area contributed by atoms with Crippen molar-refractivity contribution in [3.05, 3.63) is 38.7 Å². The molecule has 0 bridgehead atoms. The van der Waals surface area contributed by atoms with Gasteiger partial charge in [-0.2, -0.15) is 0 Å². The molecule has 11 heteroatoms. The first-order valence-corrected chi connectivity index (χ1v) is 13.6. The molecular weight excluding hydrogens is 474 g/mol. The molecule has 1 amide bonds. The lowest BCUT2D eigenvalue weighted by Gasteiger charge is -2.27. The molecule has 0 radical (unpaired) electrons. The fourth-order valence-corrected chi connectivity index (χ4v) is 7.53. The molecule has 0 aromatic carbocycles. The van der Waals surface area contributed by atoms with Crippen molar-refractivity contribution in [3.8, 4) is 0 Å². The average Bonchev–Trinajstić information content (AvgIpc) is 3.45. The van der Waals surface area contributed by atoms with Gasteiger partial charge < -0.3 is 15.0 Å². The van der Waals surface area contributed by atoms with Gasteiger partial charge in [-0.25, -0.2) is 13.4 Å². The van der Waals surface area contributed by atoms with Crippen LogP contribution in [0.15, 0.2) is 28.2 Å². The number of rotatable bonds is 7. The SMILES string of the molecule is O=C(Nc1ncc(Cl)s1)[C@H](CC1CCOCC1)c1c(S(=O)(=O)C2CCCC2)cc[nH]c1=O. The maximum Gasteiger partial charge on any atom is 0.253 e. The van der Waals surface area contributed by atoms with Crippen LogP contribution in [0.2, 0.25) is 4.34 Å². The number of aromatic nitrogens is 2. The number of carbonyl (C=O) groups excluding carboxylic acids is 1. The summed E-state index contributed by atoms with van der Waals surface area (Å²) in [6.45, 7) is 1.17. The van der Waals surface area contributed by atoms with Crippen molar-refractivity contribution in [2.24, 2.45) is 5.92 Å². The summed E-state index contributed by atoms with van der Waals surface area (Å²) in [7, 11) is -3.74. The molecule has 0 spiro atoms. The van der Waals surface area contributed by atoms with E-state index in [1.165, 1.54) is 18.5 Å². The topological polar surface area (TPSA) is 118 Å². The van der Waals surface area contributed by atoms with E-state index in [0.29, 0.717) is 41.9 Å². The Morgan fingerprint density at radius 3 is 2.66 bits per heavy atom. The second kappa shape index (κ2) is 10.0. The lowest BCUT2D eigenvalue weighted by Crippen LogP contribution is -2.33. The van der Waals surface area contributed by atoms with Gasteiger partial charge in [0.25, 0.3) is 5.56 Å². The minimum absolute atomic E-state index is 0.0195. The van der Waals surface area contributed by atoms with E-state index in [0.717, 1.165) is 37.0 Å². The van der Waals surface area contributed by atoms with Crippen LogP contribution < -0.4 is 10.9 Å². The number of sulfone groups is 1. The van der Waals surface area contributed by atoms with Crippen molar-refractivity contribution in [1.82, 2.24) is 9.97 Å². The number of nitrogens with one attached hydrogen (secondary N) is 2. The number of ether oxygens (including phenoxy) is 1. The quantitative estimate of drug-likeness (QED) is 0.599. The van der Waals surface area contributed by atoms with Gasteiger partial charge in [0.1, 0.15) is 4.34 Å². The Hall–Kier alpha value is -1.75. The van der Waals surface area contributed by atoms with Crippen LogP contribution in [0.25, 0.3) is 0 Å². The molecule has 2 aromatic heterocycles. The monoisotopic (exact) mass is 499 g/mol. The zero-order valence-corrected chi connectivity index (χ0v) is 19.9. The number of hydrogen-bond acceptors (Lipinski definition) is 7. The summed E-state index contributed by atoms with van der Waals surface area (Å²) < 4.78 is 32.8. The summed E-state index contributed by atoms with van der Waals surface area (Å²) in [5.41, 5.74) is -0.528. The molecule has 2 aromatic rings. The van der Waals surface area contributed by atoms with Crippen LogP contribution in [0.4, 0.5) is 5.13 Å². The average molecular weight is 500 g/mol. The molecule has 1 aliphatic heterocycles. The van der Waals surface area contributed by atoms with Crippen molar-refractivity contribution in [1.29, 1.82) is 0 Å². The van der Waals surface area contributed by atoms with Crippen LogP contribution in [-0.2, 0) is 19.4 Å². The number of anilines is 1. The van der Waals surface area contributed by atoms with Crippen molar-refractivity contribution >= 4 is 43.8 Å². The molecule has 2 fully saturated rings. The predicted octanol–water partition coefficient (Wildman–Crippen LogP) is 3.74. The van der Waals surface area contributed by atoms with Crippen molar-refractivity contribution in [2.75, 3.05) is 18.5 Å². The number of carbonyl (C=O) groups is 1. The molecule has 2 aliphatic rings. The third kappa shape index (κ3) is 5.08. The molecule has 0 unspecified atom stereocenters. The molecule has 2 N–H and O–H groups in total. The summed E-state index contributed by atoms with van der Waals surface area (Å²) >= 11 is 7.04. The minimum Gasteiger partial charge on any atom is -0.381 e. The summed E-state index contributed by atoms with van der Waals surface area (Å²) in [5, 5.41) is 2.52. The first-order valence-electron chi connectivity index (χ1n) is 10.8. The Kier molecular flexibility index (Phi) is 7.34. The van der Waals surface area contributed by atoms with E-state index in [-0.39, 0.29) is 16.4 Å². The van der Waals surface area contributed by atoms with Crippen LogP contribution >= 0.6 is 22.9 Å². The van der Waals surface area contributed by atoms with Crippen LogP contribution in [0, 0.1) is 5.92 Å². The number of pyridine rings is 1. The maximum atomic E-state index is 13.5. The van der Waals surface area contributed by atoms with Gasteiger partial charge in [-0.15, -0.1) is 0 Å². The molecule has 3 heterocycles. The molecule has 174 valence electrons. The van der Waals surface area contributed by atoms with Gasteiger partial charge in [0, 0.05) is 25.0 Å². The molecule has 1 aliphatic carbocycles. The second-order valence-corrected chi connectivity index (χ2v) is 12.2. The van der Waals surface area contributed by atoms with Crippen molar-refractivity contribution in [3.63, 3.8) is 0 Å². The molecular formula is C21H26ClN3O5S2. The first-order chi connectivity index (χ1) is 15.4. The smallest absolute Gasteiger partial charge is 0.253 e. The molecule has 4 rings (SSSR count). The summed E-state index contributed by atoms with van der Waals surface area (Å²) in [6, 6.07) is 1.43. The third-order valence-electron chi connectivity index (χ3n) is 6.29. The number of H-pyrrole nitrogens is 1. The number of nitrogens with zero attached hydrogens (tertiary/aromatic N) is 1. The van der Waals surface area contributed by atoms with E-state index in [9.17, 15) is 18.0 Å². The van der Waals surface area contributed by atoms with Crippen LogP contribution in [-0.4, -0.2) is 42.8 Å². The number of thiazole rings is 1. The zero-order valence-electron chi connectivity index (χ0n) is 17.5. The molecule has 32 heavy (non-hydrogen) atoms. The fraction of sp³-hybridized carbons (Fsp3) is 0.571. The van der Waals surface area contributed by atoms with Gasteiger partial charge >= 0.3 is 0 Å². The van der Waals surface area contributed by atoms with Gasteiger partial charge in [0.2, 0.25) is 5.91 Å². The highest BCUT2D eigenvalue weighted by molar-refractivity contribution is 7.92. The minimum atomic E-state index is -3.74. The van der Waals surface area contributed by atoms with E-state index in [4.69, 9.17) is 16.3 Å². The van der Waals surface area contributed by atoms with E-state index >= 15 is 0 Å². The fourth-order valence-electron chi connectivity index (χ4n) is 4.60. The number of hydrogen-bond donors (Lipinski definition) is 2. The predicted molar refractivity (Wildman–Crippen MR) is 123 cm³/mol. The van der Waals surface area contributed by atoms with Crippen molar-refractivity contribution in [2.45, 2.75) is 61.0 Å². The van der Waals surface area contributed by atoms with Gasteiger partial charge in [0.05, 0.1) is 22.3 Å². The largest absolute Gasteiger partial charge is 0.381 e. The van der Waals surface area contributed by atoms with Crippen molar-refractivity contribution < 1.29 is 17.9 Å². The van der Waals surface area contributed by atoms with E-state index < -0.39 is 32.5 Å². The number of halogens is 1. The summed E-state index contributed by atoms with van der Waals surface area (Å²) in [5.74, 6) is -1.25. The number of aromatic amines is 1. The Labute approximate surface area is 195 Å². The van der Waals surface area contributed by atoms with E-state index in [1.54, 1.807) is 0 Å². The molecule has 1 saturated carbocycles. The van der Waals surface area contributed by atoms with Gasteiger partial charge in [-0.05, 0) is 44.1 Å². The second-order valence-electron chi connectivity index (χ2n) is 8.34. The standard InChI is InChI=1S/C21H26ClN3O5S2/c22-17-12-24-21(31-17)25-19(26)15(11-13-6-9-30-10-7-13)18-16(5-8-23-20(18)27)32(28,29)14-3-1-2-4-14/h5,8,12-15H,1-4,6-7,9-11H2,(H,23,27)(H,24,25,26)/t15-/m1/s1. The summed E-state index contributed by atoms with van der Waals surface area (Å²) in [4.78, 5) is 33.0. The number of amides is 1. The van der Waals surface area contributed by atoms with E-state index in [1.807, 2.05) is 0 Å². The zero-order chi connectivity index (χ0) is 22.7. The molecule has 8 nitrogen and oxygen atoms in total. The highest BCUT2D eigenvalue weighted by Crippen LogP contribution is 2.36. The Balaban J connectivity index is 1.74.